The Morgan fingerprint density at radius 3 is 2.52 bits per heavy atom. The fourth-order valence-corrected chi connectivity index (χ4v) is 4.16. The first-order valence-electron chi connectivity index (χ1n) is 9.03. The first-order valence-corrected chi connectivity index (χ1v) is 10.6. The van der Waals surface area contributed by atoms with Crippen LogP contribution in [0.4, 0.5) is 5.69 Å². The maximum absolute atomic E-state index is 13.0. The Bertz CT molecular complexity index is 1100. The Morgan fingerprint density at radius 2 is 1.90 bits per heavy atom. The first-order chi connectivity index (χ1) is 14.8. The van der Waals surface area contributed by atoms with Gasteiger partial charge in [0, 0.05) is 11.1 Å². The summed E-state index contributed by atoms with van der Waals surface area (Å²) in [6.45, 7) is 0.493. The number of esters is 1. The maximum atomic E-state index is 13.0. The van der Waals surface area contributed by atoms with Crippen LogP contribution in [0.5, 0.6) is 0 Å². The molecule has 1 saturated heterocycles. The highest BCUT2D eigenvalue weighted by atomic mass is 35.5. The molecule has 10 heteroatoms. The Kier molecular flexibility index (Phi) is 7.50. The molecule has 0 spiro atoms. The largest absolute Gasteiger partial charge is 0.466 e. The highest BCUT2D eigenvalue weighted by Crippen LogP contribution is 2.35. The molecule has 1 aliphatic rings. The van der Waals surface area contributed by atoms with Crippen LogP contribution in [0, 0.1) is 0 Å². The van der Waals surface area contributed by atoms with Crippen molar-refractivity contribution in [3.63, 3.8) is 0 Å². The lowest BCUT2D eigenvalue weighted by atomic mass is 10.1. The van der Waals surface area contributed by atoms with E-state index in [1.807, 2.05) is 12.1 Å². The molecule has 0 atom stereocenters. The van der Waals surface area contributed by atoms with Crippen molar-refractivity contribution >= 4 is 63.6 Å². The number of aliphatic imine (C=N–C) groups is 1. The summed E-state index contributed by atoms with van der Waals surface area (Å²) in [5, 5.41) is 0.601. The number of hydrogen-bond acceptors (Lipinski definition) is 6. The number of carbonyl (C=O) groups excluding carboxylic acids is 3. The van der Waals surface area contributed by atoms with Crippen LogP contribution in [0.25, 0.3) is 0 Å². The van der Waals surface area contributed by atoms with E-state index in [0.717, 1.165) is 23.4 Å². The molecule has 1 fully saturated rings. The number of halogens is 2. The van der Waals surface area contributed by atoms with E-state index in [-0.39, 0.29) is 20.7 Å². The third-order valence-electron chi connectivity index (χ3n) is 4.24. The summed E-state index contributed by atoms with van der Waals surface area (Å²) in [5.74, 6) is -1.85. The van der Waals surface area contributed by atoms with E-state index in [1.165, 1.54) is 30.2 Å². The number of amidine groups is 1. The van der Waals surface area contributed by atoms with E-state index < -0.39 is 17.8 Å². The lowest BCUT2D eigenvalue weighted by molar-refractivity contribution is -0.135. The molecule has 0 aromatic heterocycles. The van der Waals surface area contributed by atoms with Crippen molar-refractivity contribution in [2.24, 2.45) is 10.7 Å². The summed E-state index contributed by atoms with van der Waals surface area (Å²) in [7, 11) is 1.21. The SMILES string of the molecule is COC(=O)C=C1SC(=NC(=O)c2ccc(Cl)cc2Cl)N(c2ccc(CCN)cc2)C1=O. The monoisotopic (exact) mass is 477 g/mol. The van der Waals surface area contributed by atoms with E-state index in [9.17, 15) is 14.4 Å². The number of thioether (sulfide) groups is 1. The standard InChI is InChI=1S/C21H17Cl2N3O4S/c1-30-18(27)11-17-20(29)26(14-5-2-12(3-6-14)8-9-24)21(31-17)25-19(28)15-7-4-13(22)10-16(15)23/h2-7,10-11H,8-9,24H2,1H3. The number of nitrogens with two attached hydrogens (primary N) is 1. The van der Waals surface area contributed by atoms with Crippen LogP contribution in [-0.2, 0) is 20.7 Å². The number of nitrogens with zero attached hydrogens (tertiary/aromatic N) is 2. The molecule has 2 amide bonds. The van der Waals surface area contributed by atoms with Gasteiger partial charge >= 0.3 is 5.97 Å². The average molecular weight is 478 g/mol. The van der Waals surface area contributed by atoms with Crippen molar-refractivity contribution in [2.45, 2.75) is 6.42 Å². The first kappa shape index (κ1) is 23.0. The minimum absolute atomic E-state index is 0.0756. The Hall–Kier alpha value is -2.65. The average Bonchev–Trinajstić information content (AvgIpc) is 3.03. The zero-order chi connectivity index (χ0) is 22.5. The molecule has 3 rings (SSSR count). The quantitative estimate of drug-likeness (QED) is 0.518. The van der Waals surface area contributed by atoms with Gasteiger partial charge < -0.3 is 10.5 Å². The molecule has 2 N–H and O–H groups in total. The zero-order valence-corrected chi connectivity index (χ0v) is 18.6. The second kappa shape index (κ2) is 10.1. The smallest absolute Gasteiger partial charge is 0.331 e. The highest BCUT2D eigenvalue weighted by molar-refractivity contribution is 8.19. The van der Waals surface area contributed by atoms with Gasteiger partial charge in [0.15, 0.2) is 5.17 Å². The molecule has 2 aromatic rings. The number of anilines is 1. The molecule has 160 valence electrons. The van der Waals surface area contributed by atoms with Gasteiger partial charge in [0.25, 0.3) is 11.8 Å². The molecule has 0 radical (unpaired) electrons. The van der Waals surface area contributed by atoms with Crippen LogP contribution < -0.4 is 10.6 Å². The molecule has 0 unspecified atom stereocenters. The number of amides is 2. The zero-order valence-electron chi connectivity index (χ0n) is 16.3. The Balaban J connectivity index is 2.02. The summed E-state index contributed by atoms with van der Waals surface area (Å²) < 4.78 is 4.61. The van der Waals surface area contributed by atoms with Gasteiger partial charge in [-0.05, 0) is 60.6 Å². The second-order valence-electron chi connectivity index (χ2n) is 6.30. The number of benzene rings is 2. The molecule has 0 aliphatic carbocycles. The summed E-state index contributed by atoms with van der Waals surface area (Å²) >= 11 is 12.9. The van der Waals surface area contributed by atoms with E-state index in [4.69, 9.17) is 28.9 Å². The van der Waals surface area contributed by atoms with Crippen molar-refractivity contribution in [3.8, 4) is 0 Å². The van der Waals surface area contributed by atoms with E-state index >= 15 is 0 Å². The van der Waals surface area contributed by atoms with Crippen molar-refractivity contribution in [1.29, 1.82) is 0 Å². The van der Waals surface area contributed by atoms with Crippen LogP contribution in [0.2, 0.25) is 10.0 Å². The molecular weight excluding hydrogens is 461 g/mol. The van der Waals surface area contributed by atoms with Gasteiger partial charge in [0.2, 0.25) is 0 Å². The van der Waals surface area contributed by atoms with Crippen LogP contribution in [0.3, 0.4) is 0 Å². The summed E-state index contributed by atoms with van der Waals surface area (Å²) in [6, 6.07) is 11.5. The van der Waals surface area contributed by atoms with E-state index in [2.05, 4.69) is 9.73 Å². The molecule has 2 aromatic carbocycles. The summed E-state index contributed by atoms with van der Waals surface area (Å²) in [4.78, 5) is 42.8. The van der Waals surface area contributed by atoms with Crippen molar-refractivity contribution in [3.05, 3.63) is 74.6 Å². The predicted molar refractivity (Wildman–Crippen MR) is 123 cm³/mol. The lowest BCUT2D eigenvalue weighted by Crippen LogP contribution is -2.29. The summed E-state index contributed by atoms with van der Waals surface area (Å²) in [6.07, 6.45) is 1.75. The molecule has 0 saturated carbocycles. The fraction of sp³-hybridized carbons (Fsp3) is 0.143. The van der Waals surface area contributed by atoms with Gasteiger partial charge in [0.1, 0.15) is 0 Å². The van der Waals surface area contributed by atoms with Gasteiger partial charge in [-0.15, -0.1) is 0 Å². The Morgan fingerprint density at radius 1 is 1.19 bits per heavy atom. The van der Waals surface area contributed by atoms with Crippen molar-refractivity contribution in [1.82, 2.24) is 0 Å². The lowest BCUT2D eigenvalue weighted by Gasteiger charge is -2.16. The maximum Gasteiger partial charge on any atom is 0.331 e. The van der Waals surface area contributed by atoms with Crippen LogP contribution in [0.1, 0.15) is 15.9 Å². The van der Waals surface area contributed by atoms with Gasteiger partial charge in [-0.1, -0.05) is 35.3 Å². The number of carbonyl (C=O) groups is 3. The molecule has 31 heavy (non-hydrogen) atoms. The molecule has 1 aliphatic heterocycles. The van der Waals surface area contributed by atoms with Crippen molar-refractivity contribution in [2.75, 3.05) is 18.6 Å². The number of methoxy groups -OCH3 is 1. The molecule has 1 heterocycles. The molecular formula is C21H17Cl2N3O4S. The minimum atomic E-state index is -0.692. The number of ether oxygens (including phenoxy) is 1. The van der Waals surface area contributed by atoms with E-state index in [0.29, 0.717) is 23.7 Å². The van der Waals surface area contributed by atoms with Crippen LogP contribution >= 0.6 is 35.0 Å². The number of hydrogen-bond donors (Lipinski definition) is 1. The van der Waals surface area contributed by atoms with Gasteiger partial charge in [-0.2, -0.15) is 4.99 Å². The fourth-order valence-electron chi connectivity index (χ4n) is 2.73. The van der Waals surface area contributed by atoms with Gasteiger partial charge in [0.05, 0.1) is 28.3 Å². The normalized spacial score (nSPS) is 16.3. The third kappa shape index (κ3) is 5.34. The van der Waals surface area contributed by atoms with Gasteiger partial charge in [-0.3, -0.25) is 14.5 Å². The van der Waals surface area contributed by atoms with Crippen molar-refractivity contribution < 1.29 is 19.1 Å². The molecule has 0 bridgehead atoms. The highest BCUT2D eigenvalue weighted by Gasteiger charge is 2.36. The van der Waals surface area contributed by atoms with Gasteiger partial charge in [-0.25, -0.2) is 4.79 Å². The topological polar surface area (TPSA) is 102 Å². The van der Waals surface area contributed by atoms with E-state index in [1.54, 1.807) is 12.1 Å². The third-order valence-corrected chi connectivity index (χ3v) is 5.76. The van der Waals surface area contributed by atoms with Crippen LogP contribution in [0.15, 0.2) is 58.4 Å². The Labute approximate surface area is 192 Å². The number of rotatable bonds is 5. The second-order valence-corrected chi connectivity index (χ2v) is 8.16. The minimum Gasteiger partial charge on any atom is -0.466 e. The molecule has 7 nitrogen and oxygen atoms in total. The predicted octanol–water partition coefficient (Wildman–Crippen LogP) is 3.83. The summed E-state index contributed by atoms with van der Waals surface area (Å²) in [5.41, 5.74) is 7.20. The van der Waals surface area contributed by atoms with Crippen LogP contribution in [-0.4, -0.2) is 36.6 Å².